The van der Waals surface area contributed by atoms with Crippen molar-refractivity contribution in [3.05, 3.63) is 29.8 Å². The Hall–Kier alpha value is -2.29. The number of alkyl halides is 3. The van der Waals surface area contributed by atoms with Crippen LogP contribution in [0.5, 0.6) is 5.75 Å². The third-order valence-electron chi connectivity index (χ3n) is 1.86. The second-order valence-electron chi connectivity index (χ2n) is 3.92. The molecule has 0 fully saturated rings. The van der Waals surface area contributed by atoms with Crippen LogP contribution in [-0.4, -0.2) is 34.8 Å². The molecular formula is C12H14F3NO5. The molecule has 0 radical (unpaired) electrons. The Kier molecular flexibility index (Phi) is 7.22. The standard InChI is InChI=1S/C10H12F3NO.C2H2O4/c1-7(14)6-15-9-4-2-3-8(5-9)10(11,12)13;3-1(4)2(5)6/h2-5,7H,6,14H2,1H3;(H,3,4)(H,5,6). The highest BCUT2D eigenvalue weighted by molar-refractivity contribution is 6.27. The third-order valence-corrected chi connectivity index (χ3v) is 1.86. The smallest absolute Gasteiger partial charge is 0.416 e. The van der Waals surface area contributed by atoms with Gasteiger partial charge in [0, 0.05) is 6.04 Å². The van der Waals surface area contributed by atoms with Gasteiger partial charge in [-0.1, -0.05) is 6.07 Å². The van der Waals surface area contributed by atoms with Gasteiger partial charge in [0.25, 0.3) is 0 Å². The van der Waals surface area contributed by atoms with E-state index in [0.717, 1.165) is 12.1 Å². The van der Waals surface area contributed by atoms with Crippen LogP contribution in [0.25, 0.3) is 0 Å². The fourth-order valence-corrected chi connectivity index (χ4v) is 0.990. The zero-order chi connectivity index (χ0) is 16.6. The molecule has 0 amide bonds. The van der Waals surface area contributed by atoms with Crippen molar-refractivity contribution < 1.29 is 37.7 Å². The van der Waals surface area contributed by atoms with E-state index >= 15 is 0 Å². The van der Waals surface area contributed by atoms with Crippen LogP contribution in [0.1, 0.15) is 12.5 Å². The molecule has 0 aromatic heterocycles. The van der Waals surface area contributed by atoms with Gasteiger partial charge in [0.1, 0.15) is 12.4 Å². The van der Waals surface area contributed by atoms with Crippen molar-refractivity contribution in [2.75, 3.05) is 6.61 Å². The summed E-state index contributed by atoms with van der Waals surface area (Å²) < 4.78 is 41.9. The Morgan fingerprint density at radius 2 is 1.81 bits per heavy atom. The van der Waals surface area contributed by atoms with Gasteiger partial charge in [0.05, 0.1) is 5.56 Å². The number of nitrogens with two attached hydrogens (primary N) is 1. The lowest BCUT2D eigenvalue weighted by atomic mass is 10.2. The summed E-state index contributed by atoms with van der Waals surface area (Å²) in [5.41, 5.74) is 4.70. The summed E-state index contributed by atoms with van der Waals surface area (Å²) in [4.78, 5) is 18.2. The highest BCUT2D eigenvalue weighted by Gasteiger charge is 2.30. The minimum atomic E-state index is -4.34. The number of carboxylic acid groups (broad SMARTS) is 2. The van der Waals surface area contributed by atoms with Crippen LogP contribution in [0.2, 0.25) is 0 Å². The number of carboxylic acids is 2. The molecule has 0 aliphatic heterocycles. The molecule has 1 unspecified atom stereocenters. The first-order valence-electron chi connectivity index (χ1n) is 5.56. The van der Waals surface area contributed by atoms with Crippen LogP contribution in [0.4, 0.5) is 13.2 Å². The Bertz CT molecular complexity index is 476. The van der Waals surface area contributed by atoms with E-state index in [2.05, 4.69) is 0 Å². The van der Waals surface area contributed by atoms with Gasteiger partial charge in [0.2, 0.25) is 0 Å². The quantitative estimate of drug-likeness (QED) is 0.731. The van der Waals surface area contributed by atoms with Gasteiger partial charge in [-0.25, -0.2) is 9.59 Å². The predicted octanol–water partition coefficient (Wildman–Crippen LogP) is 1.59. The lowest BCUT2D eigenvalue weighted by Gasteiger charge is -2.11. The summed E-state index contributed by atoms with van der Waals surface area (Å²) in [7, 11) is 0. The molecule has 0 saturated carbocycles. The molecule has 118 valence electrons. The Balaban J connectivity index is 0.000000567. The number of halogens is 3. The molecule has 0 saturated heterocycles. The van der Waals surface area contributed by atoms with Crippen LogP contribution in [0.15, 0.2) is 24.3 Å². The number of carbonyl (C=O) groups is 2. The Morgan fingerprint density at radius 1 is 1.29 bits per heavy atom. The highest BCUT2D eigenvalue weighted by Crippen LogP contribution is 2.31. The number of aliphatic carboxylic acids is 2. The van der Waals surface area contributed by atoms with Crippen molar-refractivity contribution in [3.8, 4) is 5.75 Å². The van der Waals surface area contributed by atoms with Crippen LogP contribution in [0.3, 0.4) is 0 Å². The summed E-state index contributed by atoms with van der Waals surface area (Å²) in [5.74, 6) is -3.47. The minimum Gasteiger partial charge on any atom is -0.492 e. The van der Waals surface area contributed by atoms with Gasteiger partial charge >= 0.3 is 18.1 Å². The van der Waals surface area contributed by atoms with E-state index in [9.17, 15) is 13.2 Å². The lowest BCUT2D eigenvalue weighted by Crippen LogP contribution is -2.23. The number of ether oxygens (including phenoxy) is 1. The van der Waals surface area contributed by atoms with Crippen LogP contribution in [0, 0.1) is 0 Å². The fourth-order valence-electron chi connectivity index (χ4n) is 0.990. The molecule has 4 N–H and O–H groups in total. The van der Waals surface area contributed by atoms with Crippen LogP contribution < -0.4 is 10.5 Å². The van der Waals surface area contributed by atoms with E-state index in [1.165, 1.54) is 12.1 Å². The molecule has 0 aliphatic carbocycles. The number of benzene rings is 1. The molecule has 9 heteroatoms. The van der Waals surface area contributed by atoms with Crippen LogP contribution >= 0.6 is 0 Å². The van der Waals surface area contributed by atoms with E-state index in [1.807, 2.05) is 0 Å². The van der Waals surface area contributed by atoms with Crippen molar-refractivity contribution >= 4 is 11.9 Å². The topological polar surface area (TPSA) is 110 Å². The zero-order valence-corrected chi connectivity index (χ0v) is 10.9. The average molecular weight is 309 g/mol. The summed E-state index contributed by atoms with van der Waals surface area (Å²) in [6.45, 7) is 1.91. The number of hydrogen-bond acceptors (Lipinski definition) is 4. The molecule has 1 rings (SSSR count). The van der Waals surface area contributed by atoms with Gasteiger partial charge in [-0.15, -0.1) is 0 Å². The van der Waals surface area contributed by atoms with E-state index in [4.69, 9.17) is 30.3 Å². The van der Waals surface area contributed by atoms with E-state index < -0.39 is 23.7 Å². The van der Waals surface area contributed by atoms with E-state index in [1.54, 1.807) is 6.92 Å². The normalized spacial score (nSPS) is 11.9. The first kappa shape index (κ1) is 18.7. The maximum atomic E-state index is 12.3. The van der Waals surface area contributed by atoms with Crippen molar-refractivity contribution in [2.45, 2.75) is 19.1 Å². The van der Waals surface area contributed by atoms with E-state index in [0.29, 0.717) is 0 Å². The van der Waals surface area contributed by atoms with Crippen molar-refractivity contribution in [2.24, 2.45) is 5.73 Å². The van der Waals surface area contributed by atoms with Gasteiger partial charge < -0.3 is 20.7 Å². The second kappa shape index (κ2) is 8.10. The number of rotatable bonds is 3. The molecule has 1 atom stereocenters. The van der Waals surface area contributed by atoms with Crippen molar-refractivity contribution in [3.63, 3.8) is 0 Å². The highest BCUT2D eigenvalue weighted by atomic mass is 19.4. The largest absolute Gasteiger partial charge is 0.492 e. The molecule has 6 nitrogen and oxygen atoms in total. The summed E-state index contributed by atoms with van der Waals surface area (Å²) in [6, 6.07) is 4.53. The first-order chi connectivity index (χ1) is 9.54. The maximum absolute atomic E-state index is 12.3. The second-order valence-corrected chi connectivity index (χ2v) is 3.92. The Labute approximate surface area is 117 Å². The fraction of sp³-hybridized carbons (Fsp3) is 0.333. The molecule has 1 aromatic carbocycles. The lowest BCUT2D eigenvalue weighted by molar-refractivity contribution is -0.159. The van der Waals surface area contributed by atoms with Gasteiger partial charge in [0.15, 0.2) is 0 Å². The van der Waals surface area contributed by atoms with Gasteiger partial charge in [-0.3, -0.25) is 0 Å². The summed E-state index contributed by atoms with van der Waals surface area (Å²) in [6.07, 6.45) is -4.34. The van der Waals surface area contributed by atoms with E-state index in [-0.39, 0.29) is 18.4 Å². The van der Waals surface area contributed by atoms with Gasteiger partial charge in [-0.05, 0) is 25.1 Å². The average Bonchev–Trinajstić information content (AvgIpc) is 2.36. The van der Waals surface area contributed by atoms with Crippen LogP contribution in [-0.2, 0) is 15.8 Å². The van der Waals surface area contributed by atoms with Gasteiger partial charge in [-0.2, -0.15) is 13.2 Å². The molecular weight excluding hydrogens is 295 g/mol. The molecule has 1 aromatic rings. The Morgan fingerprint density at radius 3 is 2.19 bits per heavy atom. The van der Waals surface area contributed by atoms with Crippen molar-refractivity contribution in [1.82, 2.24) is 0 Å². The summed E-state index contributed by atoms with van der Waals surface area (Å²) in [5, 5.41) is 14.8. The maximum Gasteiger partial charge on any atom is 0.416 e. The monoisotopic (exact) mass is 309 g/mol. The first-order valence-corrected chi connectivity index (χ1v) is 5.56. The molecule has 0 aliphatic rings. The third kappa shape index (κ3) is 8.47. The summed E-state index contributed by atoms with van der Waals surface area (Å²) >= 11 is 0. The molecule has 0 spiro atoms. The van der Waals surface area contributed by atoms with Crippen molar-refractivity contribution in [1.29, 1.82) is 0 Å². The minimum absolute atomic E-state index is 0.183. The predicted molar refractivity (Wildman–Crippen MR) is 65.9 cm³/mol. The number of hydrogen-bond donors (Lipinski definition) is 3. The molecule has 21 heavy (non-hydrogen) atoms. The zero-order valence-electron chi connectivity index (χ0n) is 10.9. The SMILES string of the molecule is CC(N)COc1cccc(C(F)(F)F)c1.O=C(O)C(=O)O. The molecule has 0 bridgehead atoms. The molecule has 0 heterocycles.